The van der Waals surface area contributed by atoms with E-state index in [9.17, 15) is 9.59 Å². The molecule has 1 aromatic heterocycles. The molecule has 13 heteroatoms. The maximum absolute atomic E-state index is 14.2. The molecule has 2 fully saturated rings. The average molecular weight is 656 g/mol. The van der Waals surface area contributed by atoms with E-state index in [1.807, 2.05) is 85.1 Å². The number of carbonyl (C=O) groups excluding carboxylic acids is 2. The number of nitrogens with zero attached hydrogens (tertiary/aromatic N) is 1. The van der Waals surface area contributed by atoms with Crippen molar-refractivity contribution < 1.29 is 59.1 Å². The number of hydrogen-bond acceptors (Lipinski definition) is 7. The molecule has 1 saturated carbocycles. The monoisotopic (exact) mass is 655 g/mol. The van der Waals surface area contributed by atoms with Crippen LogP contribution in [0.2, 0.25) is 0 Å². The molecule has 6 rings (SSSR count). The molecule has 0 spiro atoms. The van der Waals surface area contributed by atoms with Crippen LogP contribution in [0.5, 0.6) is 0 Å². The second-order valence-corrected chi connectivity index (χ2v) is 11.8. The largest absolute Gasteiger partial charge is 0.445 e. The number of rotatable bonds is 6. The van der Waals surface area contributed by atoms with Crippen LogP contribution in [0.15, 0.2) is 97.2 Å². The SMILES string of the molecule is O.O.O=C(Nc1cccc2ccc[nH+]c12)[C@@H]1[C@H](c2ccccc2)[C@@H](C2CCCC2)CN1C(=O)OCc1ccccc1.[O-][Cl+3]([O-])([O-])[O-]. The zero-order chi connectivity index (χ0) is 31.1. The highest BCUT2D eigenvalue weighted by molar-refractivity contribution is 6.02. The zero-order valence-corrected chi connectivity index (χ0v) is 25.7. The number of hydrogen-bond donors (Lipinski definition) is 1. The number of likely N-dealkylation sites (tertiary alicyclic amines) is 1. The molecular formula is C33H38ClN3O9. The molecule has 1 saturated heterocycles. The summed E-state index contributed by atoms with van der Waals surface area (Å²) in [5.74, 6) is 0.362. The van der Waals surface area contributed by atoms with Crippen molar-refractivity contribution in [1.29, 1.82) is 0 Å². The predicted molar refractivity (Wildman–Crippen MR) is 158 cm³/mol. The highest BCUT2D eigenvalue weighted by atomic mass is 35.7. The first-order chi connectivity index (χ1) is 21.2. The van der Waals surface area contributed by atoms with Crippen molar-refractivity contribution in [3.8, 4) is 0 Å². The Morgan fingerprint density at radius 3 is 2.11 bits per heavy atom. The first-order valence-electron chi connectivity index (χ1n) is 14.5. The lowest BCUT2D eigenvalue weighted by Gasteiger charge is -2.29. The summed E-state index contributed by atoms with van der Waals surface area (Å²) in [5, 5.41) is 4.18. The number of aromatic amines is 1. The molecule has 4 aromatic rings. The van der Waals surface area contributed by atoms with E-state index in [2.05, 4.69) is 22.4 Å². The Hall–Kier alpha value is -4.14. The van der Waals surface area contributed by atoms with E-state index < -0.39 is 22.4 Å². The van der Waals surface area contributed by atoms with Crippen molar-refractivity contribution in [2.45, 2.75) is 44.2 Å². The third-order valence-corrected chi connectivity index (χ3v) is 8.40. The lowest BCUT2D eigenvalue weighted by atomic mass is 9.76. The molecule has 246 valence electrons. The lowest BCUT2D eigenvalue weighted by Crippen LogP contribution is -2.68. The molecule has 12 nitrogen and oxygen atoms in total. The summed E-state index contributed by atoms with van der Waals surface area (Å²) in [4.78, 5) is 32.8. The molecular weight excluding hydrogens is 618 g/mol. The molecule has 1 aliphatic heterocycles. The molecule has 46 heavy (non-hydrogen) atoms. The van der Waals surface area contributed by atoms with E-state index in [1.54, 1.807) is 4.90 Å². The van der Waals surface area contributed by atoms with Crippen LogP contribution in [-0.2, 0) is 16.1 Å². The van der Waals surface area contributed by atoms with Crippen molar-refractivity contribution in [3.05, 3.63) is 108 Å². The first kappa shape index (κ1) is 36.3. The molecule has 3 aromatic carbocycles. The van der Waals surface area contributed by atoms with E-state index in [4.69, 9.17) is 23.4 Å². The van der Waals surface area contributed by atoms with Crippen molar-refractivity contribution in [3.63, 3.8) is 0 Å². The number of fused-ring (bicyclic) bond motifs is 1. The van der Waals surface area contributed by atoms with Gasteiger partial charge >= 0.3 is 6.09 Å². The highest BCUT2D eigenvalue weighted by Gasteiger charge is 2.51. The van der Waals surface area contributed by atoms with Crippen LogP contribution in [0.1, 0.15) is 42.7 Å². The minimum atomic E-state index is -4.94. The van der Waals surface area contributed by atoms with Crippen molar-refractivity contribution in [2.24, 2.45) is 11.8 Å². The van der Waals surface area contributed by atoms with Gasteiger partial charge in [0.1, 0.15) is 18.3 Å². The van der Waals surface area contributed by atoms with Crippen LogP contribution in [0.4, 0.5) is 10.5 Å². The third kappa shape index (κ3) is 9.21. The fourth-order valence-electron chi connectivity index (χ4n) is 6.57. The molecule has 6 N–H and O–H groups in total. The zero-order valence-electron chi connectivity index (χ0n) is 25.0. The van der Waals surface area contributed by atoms with Gasteiger partial charge in [0.2, 0.25) is 11.4 Å². The molecule has 0 radical (unpaired) electrons. The standard InChI is InChI=1S/C33H33N3O3.ClHO4.2H2O/c37-32(35-28-19-9-17-26-18-10-20-34-30(26)28)31-29(25-15-5-2-6-16-25)27(24-13-7-8-14-24)21-36(31)33(38)39-22-23-11-3-1-4-12-23;2-1(3,4)5;;/h1-6,9-12,15-20,24,27,29,31H,7-8,13-14,21-22H2,(H,35,37);(H,2,3,4,5);2*1H2/t27-,29-,31+;;;/m1.../s1. The minimum absolute atomic E-state index is 0. The first-order valence-corrected chi connectivity index (χ1v) is 15.8. The summed E-state index contributed by atoms with van der Waals surface area (Å²) >= 11 is 0. The summed E-state index contributed by atoms with van der Waals surface area (Å²) in [5.41, 5.74) is 3.57. The molecule has 0 bridgehead atoms. The number of anilines is 1. The van der Waals surface area contributed by atoms with Crippen LogP contribution in [0.25, 0.3) is 10.9 Å². The number of nitrogens with one attached hydrogen (secondary N) is 2. The Morgan fingerprint density at radius 1 is 0.848 bits per heavy atom. The summed E-state index contributed by atoms with van der Waals surface area (Å²) in [6.07, 6.45) is 6.07. The van der Waals surface area contributed by atoms with Crippen LogP contribution in [0.3, 0.4) is 0 Å². The fraction of sp³-hybridized carbons (Fsp3) is 0.303. The van der Waals surface area contributed by atoms with Gasteiger partial charge in [-0.3, -0.25) is 9.69 Å². The molecule has 0 unspecified atom stereocenters. The lowest BCUT2D eigenvalue weighted by molar-refractivity contribution is -2.00. The average Bonchev–Trinajstić information content (AvgIpc) is 3.69. The molecule has 2 heterocycles. The fourth-order valence-corrected chi connectivity index (χ4v) is 6.57. The van der Waals surface area contributed by atoms with Crippen molar-refractivity contribution >= 4 is 28.6 Å². The maximum Gasteiger partial charge on any atom is 0.410 e. The van der Waals surface area contributed by atoms with E-state index in [-0.39, 0.29) is 35.3 Å². The Bertz CT molecular complexity index is 1540. The summed E-state index contributed by atoms with van der Waals surface area (Å²) in [6, 6.07) is 29.0. The smallest absolute Gasteiger partial charge is 0.410 e. The summed E-state index contributed by atoms with van der Waals surface area (Å²) in [7, 11) is -4.94. The van der Waals surface area contributed by atoms with E-state index in [0.29, 0.717) is 18.2 Å². The van der Waals surface area contributed by atoms with E-state index >= 15 is 0 Å². The number of ether oxygens (including phenoxy) is 1. The Labute approximate surface area is 268 Å². The van der Waals surface area contributed by atoms with Crippen LogP contribution in [0, 0.1) is 22.1 Å². The third-order valence-electron chi connectivity index (χ3n) is 8.40. The number of benzene rings is 3. The van der Waals surface area contributed by atoms with Crippen molar-refractivity contribution in [2.75, 3.05) is 11.9 Å². The van der Waals surface area contributed by atoms with Gasteiger partial charge < -0.3 is 21.0 Å². The second kappa shape index (κ2) is 16.4. The van der Waals surface area contributed by atoms with Gasteiger partial charge in [-0.15, -0.1) is 10.2 Å². The number of halogens is 1. The van der Waals surface area contributed by atoms with Gasteiger partial charge in [0.05, 0.1) is 0 Å². The number of amides is 2. The second-order valence-electron chi connectivity index (χ2n) is 11.1. The molecule has 3 atom stereocenters. The van der Waals surface area contributed by atoms with Gasteiger partial charge in [-0.2, -0.15) is 0 Å². The normalized spacial score (nSPS) is 19.3. The van der Waals surface area contributed by atoms with Crippen LogP contribution in [-0.4, -0.2) is 40.4 Å². The number of carbonyl (C=O) groups is 2. The summed E-state index contributed by atoms with van der Waals surface area (Å²) in [6.45, 7) is 0.685. The number of pyridine rings is 1. The van der Waals surface area contributed by atoms with Gasteiger partial charge in [0, 0.05) is 23.9 Å². The molecule has 2 aliphatic rings. The van der Waals surface area contributed by atoms with Gasteiger partial charge in [0.25, 0.3) is 0 Å². The Morgan fingerprint density at radius 2 is 1.46 bits per heavy atom. The van der Waals surface area contributed by atoms with E-state index in [1.165, 1.54) is 12.8 Å². The van der Waals surface area contributed by atoms with E-state index in [0.717, 1.165) is 34.9 Å². The topological polar surface area (TPSA) is 228 Å². The summed E-state index contributed by atoms with van der Waals surface area (Å²) < 4.78 is 39.8. The van der Waals surface area contributed by atoms with Gasteiger partial charge in [-0.25, -0.2) is 28.4 Å². The molecule has 2 amide bonds. The van der Waals surface area contributed by atoms with Gasteiger partial charge in [-0.1, -0.05) is 92.4 Å². The highest BCUT2D eigenvalue weighted by Crippen LogP contribution is 2.47. The predicted octanol–water partition coefficient (Wildman–Crippen LogP) is -0.202. The maximum atomic E-state index is 14.2. The Kier molecular flexibility index (Phi) is 13.0. The van der Waals surface area contributed by atoms with Crippen molar-refractivity contribution in [1.82, 2.24) is 4.90 Å². The molecule has 1 aliphatic carbocycles. The number of H-pyrrole nitrogens is 1. The Balaban J connectivity index is 0.000000766. The quantitative estimate of drug-likeness (QED) is 0.294. The van der Waals surface area contributed by atoms with Crippen LogP contribution >= 0.6 is 0 Å². The van der Waals surface area contributed by atoms with Gasteiger partial charge in [0.15, 0.2) is 6.20 Å². The number of aromatic nitrogens is 1. The minimum Gasteiger partial charge on any atom is -0.445 e. The number of para-hydroxylation sites is 1. The van der Waals surface area contributed by atoms with Crippen LogP contribution < -0.4 is 28.9 Å². The van der Waals surface area contributed by atoms with Gasteiger partial charge in [-0.05, 0) is 41.2 Å².